The number of hydrogen-bond donors (Lipinski definition) is 2. The molecule has 184 valence electrons. The zero-order chi connectivity index (χ0) is 24.9. The maximum absolute atomic E-state index is 13.2. The van der Waals surface area contributed by atoms with E-state index >= 15 is 0 Å². The summed E-state index contributed by atoms with van der Waals surface area (Å²) in [7, 11) is -1.64. The minimum Gasteiger partial charge on any atom is -0.480 e. The Bertz CT molecular complexity index is 1150. The van der Waals surface area contributed by atoms with Crippen molar-refractivity contribution in [2.75, 3.05) is 32.2 Å². The van der Waals surface area contributed by atoms with Gasteiger partial charge in [-0.15, -0.1) is 0 Å². The molecular weight excluding hydrogens is 456 g/mol. The van der Waals surface area contributed by atoms with Crippen LogP contribution in [0.25, 0.3) is 11.1 Å². The smallest absolute Gasteiger partial charge is 0.326 e. The van der Waals surface area contributed by atoms with Crippen LogP contribution in [0, 0.1) is 6.92 Å². The summed E-state index contributed by atoms with van der Waals surface area (Å²) in [6.07, 6.45) is 2.04. The first-order chi connectivity index (χ1) is 16.1. The molecule has 9 heteroatoms. The van der Waals surface area contributed by atoms with E-state index in [1.54, 1.807) is 13.2 Å². The fourth-order valence-corrected chi connectivity index (χ4v) is 4.87. The van der Waals surface area contributed by atoms with Crippen LogP contribution in [-0.4, -0.2) is 74.7 Å². The van der Waals surface area contributed by atoms with Crippen LogP contribution in [0.3, 0.4) is 0 Å². The van der Waals surface area contributed by atoms with Gasteiger partial charge in [0.2, 0.25) is 0 Å². The Kier molecular flexibility index (Phi) is 8.46. The highest BCUT2D eigenvalue weighted by atomic mass is 32.2. The van der Waals surface area contributed by atoms with E-state index in [9.17, 15) is 23.1 Å². The number of carboxylic acid groups (broad SMARTS) is 1. The standard InChI is InChI=1S/C25H32N2O6S/c1-17-6-4-5-7-20(17)22-14-18(15-27-12-10-19(16-27)33-2)8-9-21(22)24(28)26-23(25(29)30)11-13-34(3,31)32/h4-9,14,19,23H,10-13,15-16H2,1-3H3,(H,26,28)(H,29,30). The molecule has 0 aliphatic carbocycles. The van der Waals surface area contributed by atoms with E-state index < -0.39 is 27.8 Å². The molecule has 0 aromatic heterocycles. The molecular formula is C25H32N2O6S. The van der Waals surface area contributed by atoms with Crippen LogP contribution < -0.4 is 5.32 Å². The number of aliphatic carboxylic acids is 1. The highest BCUT2D eigenvalue weighted by molar-refractivity contribution is 7.90. The monoisotopic (exact) mass is 488 g/mol. The molecule has 0 saturated carbocycles. The van der Waals surface area contributed by atoms with Gasteiger partial charge in [-0.25, -0.2) is 13.2 Å². The van der Waals surface area contributed by atoms with Crippen molar-refractivity contribution in [2.45, 2.75) is 38.5 Å². The molecule has 34 heavy (non-hydrogen) atoms. The largest absolute Gasteiger partial charge is 0.480 e. The highest BCUT2D eigenvalue weighted by Crippen LogP contribution is 2.29. The number of hydrogen-bond acceptors (Lipinski definition) is 6. The minimum atomic E-state index is -3.36. The second kappa shape index (κ2) is 11.1. The number of likely N-dealkylation sites (tertiary alicyclic amines) is 1. The van der Waals surface area contributed by atoms with Crippen molar-refractivity contribution < 1.29 is 27.9 Å². The zero-order valence-electron chi connectivity index (χ0n) is 19.8. The predicted octanol–water partition coefficient (Wildman–Crippen LogP) is 2.50. The number of aryl methyl sites for hydroxylation is 1. The molecule has 8 nitrogen and oxygen atoms in total. The number of benzene rings is 2. The Balaban J connectivity index is 1.90. The number of sulfone groups is 1. The average Bonchev–Trinajstić information content (AvgIpc) is 3.23. The van der Waals surface area contributed by atoms with Gasteiger partial charge in [-0.3, -0.25) is 9.69 Å². The van der Waals surface area contributed by atoms with Crippen LogP contribution in [0.15, 0.2) is 42.5 Å². The number of ether oxygens (including phenoxy) is 1. The quantitative estimate of drug-likeness (QED) is 0.528. The summed E-state index contributed by atoms with van der Waals surface area (Å²) in [6.45, 7) is 4.45. The first-order valence-electron chi connectivity index (χ1n) is 11.2. The van der Waals surface area contributed by atoms with Crippen molar-refractivity contribution in [3.8, 4) is 11.1 Å². The molecule has 1 saturated heterocycles. The van der Waals surface area contributed by atoms with Crippen LogP contribution in [0.2, 0.25) is 0 Å². The van der Waals surface area contributed by atoms with Crippen LogP contribution in [0.5, 0.6) is 0 Å². The lowest BCUT2D eigenvalue weighted by Crippen LogP contribution is -2.42. The van der Waals surface area contributed by atoms with E-state index in [1.807, 2.05) is 43.3 Å². The number of nitrogens with one attached hydrogen (secondary N) is 1. The first kappa shape index (κ1) is 25.9. The van der Waals surface area contributed by atoms with Crippen molar-refractivity contribution in [1.82, 2.24) is 10.2 Å². The number of nitrogens with zero attached hydrogens (tertiary/aromatic N) is 1. The Morgan fingerprint density at radius 3 is 2.56 bits per heavy atom. The molecule has 2 N–H and O–H groups in total. The van der Waals surface area contributed by atoms with Gasteiger partial charge in [0.05, 0.1) is 11.9 Å². The first-order valence-corrected chi connectivity index (χ1v) is 13.3. The summed E-state index contributed by atoms with van der Waals surface area (Å²) in [5.74, 6) is -2.15. The molecule has 0 spiro atoms. The molecule has 1 amide bonds. The van der Waals surface area contributed by atoms with Gasteiger partial charge < -0.3 is 15.2 Å². The van der Waals surface area contributed by atoms with E-state index in [1.165, 1.54) is 0 Å². The number of rotatable bonds is 10. The molecule has 1 fully saturated rings. The summed E-state index contributed by atoms with van der Waals surface area (Å²) >= 11 is 0. The summed E-state index contributed by atoms with van der Waals surface area (Å²) in [5.41, 5.74) is 3.97. The zero-order valence-corrected chi connectivity index (χ0v) is 20.6. The third kappa shape index (κ3) is 6.88. The molecule has 2 atom stereocenters. The van der Waals surface area contributed by atoms with Crippen LogP contribution in [0.1, 0.15) is 34.3 Å². The lowest BCUT2D eigenvalue weighted by atomic mass is 9.93. The third-order valence-corrected chi connectivity index (χ3v) is 7.09. The van der Waals surface area contributed by atoms with E-state index in [-0.39, 0.29) is 18.3 Å². The van der Waals surface area contributed by atoms with Crippen molar-refractivity contribution in [3.05, 3.63) is 59.2 Å². The number of carbonyl (C=O) groups excluding carboxylic acids is 1. The van der Waals surface area contributed by atoms with Crippen LogP contribution >= 0.6 is 0 Å². The van der Waals surface area contributed by atoms with Gasteiger partial charge in [0.1, 0.15) is 15.9 Å². The average molecular weight is 489 g/mol. The van der Waals surface area contributed by atoms with Crippen molar-refractivity contribution in [2.24, 2.45) is 0 Å². The second-order valence-electron chi connectivity index (χ2n) is 8.86. The lowest BCUT2D eigenvalue weighted by molar-refractivity contribution is -0.139. The molecule has 1 aliphatic rings. The Labute approximate surface area is 200 Å². The van der Waals surface area contributed by atoms with E-state index in [2.05, 4.69) is 10.2 Å². The molecule has 3 rings (SSSR count). The molecule has 1 heterocycles. The highest BCUT2D eigenvalue weighted by Gasteiger charge is 2.25. The Hall–Kier alpha value is -2.75. The molecule has 2 aromatic carbocycles. The summed E-state index contributed by atoms with van der Waals surface area (Å²) in [5, 5.41) is 12.0. The van der Waals surface area contributed by atoms with E-state index in [4.69, 9.17) is 4.74 Å². The number of carboxylic acids is 1. The third-order valence-electron chi connectivity index (χ3n) is 6.11. The van der Waals surface area contributed by atoms with Gasteiger partial charge in [-0.1, -0.05) is 30.3 Å². The maximum atomic E-state index is 13.2. The van der Waals surface area contributed by atoms with Gasteiger partial charge in [-0.05, 0) is 54.2 Å². The Morgan fingerprint density at radius 2 is 1.94 bits per heavy atom. The van der Waals surface area contributed by atoms with E-state index in [0.717, 1.165) is 42.5 Å². The summed E-state index contributed by atoms with van der Waals surface area (Å²) in [4.78, 5) is 27.1. The van der Waals surface area contributed by atoms with Crippen molar-refractivity contribution in [1.29, 1.82) is 0 Å². The van der Waals surface area contributed by atoms with Gasteiger partial charge >= 0.3 is 5.97 Å². The van der Waals surface area contributed by atoms with Crippen molar-refractivity contribution >= 4 is 21.7 Å². The molecule has 2 unspecified atom stereocenters. The topological polar surface area (TPSA) is 113 Å². The second-order valence-corrected chi connectivity index (χ2v) is 11.1. The van der Waals surface area contributed by atoms with E-state index in [0.29, 0.717) is 17.7 Å². The number of carbonyl (C=O) groups is 2. The fraction of sp³-hybridized carbons (Fsp3) is 0.440. The van der Waals surface area contributed by atoms with Crippen LogP contribution in [-0.2, 0) is 25.9 Å². The molecule has 0 radical (unpaired) electrons. The molecule has 1 aliphatic heterocycles. The lowest BCUT2D eigenvalue weighted by Gasteiger charge is -2.19. The molecule has 0 bridgehead atoms. The maximum Gasteiger partial charge on any atom is 0.326 e. The minimum absolute atomic E-state index is 0.201. The van der Waals surface area contributed by atoms with Gasteiger partial charge in [-0.2, -0.15) is 0 Å². The summed E-state index contributed by atoms with van der Waals surface area (Å²) in [6, 6.07) is 12.0. The predicted molar refractivity (Wildman–Crippen MR) is 131 cm³/mol. The van der Waals surface area contributed by atoms with Gasteiger partial charge in [0, 0.05) is 38.6 Å². The van der Waals surface area contributed by atoms with Gasteiger partial charge in [0.15, 0.2) is 0 Å². The van der Waals surface area contributed by atoms with Gasteiger partial charge in [0.25, 0.3) is 5.91 Å². The molecule has 2 aromatic rings. The van der Waals surface area contributed by atoms with Crippen molar-refractivity contribution in [3.63, 3.8) is 0 Å². The van der Waals surface area contributed by atoms with Crippen LogP contribution in [0.4, 0.5) is 0 Å². The number of amides is 1. The normalized spacial score (nSPS) is 17.4. The number of methoxy groups -OCH3 is 1. The fourth-order valence-electron chi connectivity index (χ4n) is 4.20. The summed E-state index contributed by atoms with van der Waals surface area (Å²) < 4.78 is 28.4. The SMILES string of the molecule is COC1CCN(Cc2ccc(C(=O)NC(CCS(C)(=O)=O)C(=O)O)c(-c3ccccc3C)c2)C1. The Morgan fingerprint density at radius 1 is 1.21 bits per heavy atom.